The summed E-state index contributed by atoms with van der Waals surface area (Å²) in [4.78, 5) is 7.13. The lowest BCUT2D eigenvalue weighted by atomic mass is 10.2. The largest absolute Gasteiger partial charge is 0.383 e. The third kappa shape index (κ3) is 4.56. The van der Waals surface area contributed by atoms with Crippen LogP contribution in [0.2, 0.25) is 0 Å². The molecule has 0 spiro atoms. The molecule has 3 rings (SSSR count). The zero-order valence-corrected chi connectivity index (χ0v) is 14.9. The Hall–Kier alpha value is -2.43. The predicted molar refractivity (Wildman–Crippen MR) is 103 cm³/mol. The number of benzene rings is 2. The van der Waals surface area contributed by atoms with E-state index in [1.807, 2.05) is 12.1 Å². The Bertz CT molecular complexity index is 824. The zero-order valence-electron chi connectivity index (χ0n) is 14.9. The van der Waals surface area contributed by atoms with Crippen molar-refractivity contribution in [1.82, 2.24) is 14.5 Å². The van der Waals surface area contributed by atoms with E-state index < -0.39 is 0 Å². The molecule has 3 aromatic rings. The summed E-state index contributed by atoms with van der Waals surface area (Å²) >= 11 is 0. The van der Waals surface area contributed by atoms with Crippen molar-refractivity contribution in [3.63, 3.8) is 0 Å². The van der Waals surface area contributed by atoms with E-state index in [-0.39, 0.29) is 0 Å². The number of ether oxygens (including phenoxy) is 1. The average molecular weight is 335 g/mol. The Morgan fingerprint density at radius 2 is 1.84 bits per heavy atom. The van der Waals surface area contributed by atoms with Crippen LogP contribution in [0.3, 0.4) is 0 Å². The molecule has 0 aliphatic carbocycles. The number of fused-ring (bicyclic) bond motifs is 1. The number of methoxy groups -OCH3 is 1. The van der Waals surface area contributed by atoms with Crippen LogP contribution in [-0.2, 0) is 18.3 Å². The summed E-state index contributed by atoms with van der Waals surface area (Å²) in [5, 5.41) is 0. The van der Waals surface area contributed by atoms with Crippen molar-refractivity contribution in [1.29, 1.82) is 0 Å². The van der Waals surface area contributed by atoms with E-state index in [4.69, 9.17) is 9.72 Å². The molecule has 0 fully saturated rings. The number of nitrogens with zero attached hydrogens (tertiary/aromatic N) is 3. The molecule has 0 saturated heterocycles. The van der Waals surface area contributed by atoms with Crippen LogP contribution >= 0.6 is 0 Å². The molecule has 0 atom stereocenters. The van der Waals surface area contributed by atoms with Crippen LogP contribution in [0.5, 0.6) is 0 Å². The number of hydrogen-bond acceptors (Lipinski definition) is 3. The van der Waals surface area contributed by atoms with E-state index in [0.29, 0.717) is 6.61 Å². The number of hydrogen-bond donors (Lipinski definition) is 0. The lowest BCUT2D eigenvalue weighted by molar-refractivity contribution is 0.149. The topological polar surface area (TPSA) is 30.3 Å². The SMILES string of the molecule is COCCN(CC=Cc1ccccc1)Cc1nc2ccccc2n1C. The number of rotatable bonds is 8. The van der Waals surface area contributed by atoms with Crippen molar-refractivity contribution in [3.8, 4) is 0 Å². The highest BCUT2D eigenvalue weighted by Crippen LogP contribution is 2.15. The average Bonchev–Trinajstić information content (AvgIpc) is 2.96. The van der Waals surface area contributed by atoms with Crippen LogP contribution in [0.1, 0.15) is 11.4 Å². The molecule has 0 saturated carbocycles. The normalized spacial score (nSPS) is 11.8. The van der Waals surface area contributed by atoms with Crippen LogP contribution in [-0.4, -0.2) is 41.3 Å². The second-order valence-corrected chi connectivity index (χ2v) is 6.12. The van der Waals surface area contributed by atoms with Gasteiger partial charge >= 0.3 is 0 Å². The molecule has 0 amide bonds. The highest BCUT2D eigenvalue weighted by molar-refractivity contribution is 5.75. The molecular formula is C21H25N3O. The number of aromatic nitrogens is 2. The van der Waals surface area contributed by atoms with Gasteiger partial charge < -0.3 is 9.30 Å². The Morgan fingerprint density at radius 1 is 1.08 bits per heavy atom. The Balaban J connectivity index is 1.71. The molecule has 0 aliphatic rings. The van der Waals surface area contributed by atoms with Gasteiger partial charge in [0.1, 0.15) is 5.82 Å². The third-order valence-corrected chi connectivity index (χ3v) is 4.33. The van der Waals surface area contributed by atoms with E-state index in [2.05, 4.69) is 71.1 Å². The maximum Gasteiger partial charge on any atom is 0.123 e. The fraction of sp³-hybridized carbons (Fsp3) is 0.286. The summed E-state index contributed by atoms with van der Waals surface area (Å²) in [5.74, 6) is 1.07. The zero-order chi connectivity index (χ0) is 17.5. The van der Waals surface area contributed by atoms with Gasteiger partial charge in [-0.2, -0.15) is 0 Å². The molecule has 4 nitrogen and oxygen atoms in total. The van der Waals surface area contributed by atoms with Gasteiger partial charge in [0.15, 0.2) is 0 Å². The fourth-order valence-corrected chi connectivity index (χ4v) is 2.89. The van der Waals surface area contributed by atoms with Crippen LogP contribution in [0, 0.1) is 0 Å². The van der Waals surface area contributed by atoms with Crippen molar-refractivity contribution < 1.29 is 4.74 Å². The first kappa shape index (κ1) is 17.4. The lowest BCUT2D eigenvalue weighted by Crippen LogP contribution is -2.28. The molecule has 1 heterocycles. The van der Waals surface area contributed by atoms with Gasteiger partial charge in [-0.1, -0.05) is 54.6 Å². The number of imidazole rings is 1. The second-order valence-electron chi connectivity index (χ2n) is 6.12. The minimum absolute atomic E-state index is 0.711. The van der Waals surface area contributed by atoms with Gasteiger partial charge in [0.25, 0.3) is 0 Å². The highest BCUT2D eigenvalue weighted by Gasteiger charge is 2.11. The first-order chi connectivity index (χ1) is 12.3. The van der Waals surface area contributed by atoms with Crippen LogP contribution in [0.15, 0.2) is 60.7 Å². The van der Waals surface area contributed by atoms with E-state index >= 15 is 0 Å². The summed E-state index contributed by atoms with van der Waals surface area (Å²) in [7, 11) is 3.83. The van der Waals surface area contributed by atoms with Crippen molar-refractivity contribution in [3.05, 3.63) is 72.1 Å². The minimum Gasteiger partial charge on any atom is -0.383 e. The van der Waals surface area contributed by atoms with Crippen molar-refractivity contribution in [2.75, 3.05) is 26.8 Å². The monoisotopic (exact) mass is 335 g/mol. The highest BCUT2D eigenvalue weighted by atomic mass is 16.5. The van der Waals surface area contributed by atoms with E-state index in [1.165, 1.54) is 11.1 Å². The molecular weight excluding hydrogens is 310 g/mol. The van der Waals surface area contributed by atoms with Gasteiger partial charge in [-0.15, -0.1) is 0 Å². The van der Waals surface area contributed by atoms with Crippen LogP contribution in [0.4, 0.5) is 0 Å². The predicted octanol–water partition coefficient (Wildman–Crippen LogP) is 3.74. The lowest BCUT2D eigenvalue weighted by Gasteiger charge is -2.20. The minimum atomic E-state index is 0.711. The molecule has 4 heteroatoms. The smallest absolute Gasteiger partial charge is 0.123 e. The molecule has 0 radical (unpaired) electrons. The standard InChI is InChI=1S/C21H25N3O/c1-23-20-13-7-6-12-19(20)22-21(23)17-24(15-16-25-2)14-8-11-18-9-4-3-5-10-18/h3-13H,14-17H2,1-2H3. The number of para-hydroxylation sites is 2. The van der Waals surface area contributed by atoms with Crippen molar-refractivity contribution >= 4 is 17.1 Å². The second kappa shape index (κ2) is 8.60. The van der Waals surface area contributed by atoms with Gasteiger partial charge in [0, 0.05) is 27.2 Å². The third-order valence-electron chi connectivity index (χ3n) is 4.33. The fourth-order valence-electron chi connectivity index (χ4n) is 2.89. The molecule has 1 aromatic heterocycles. The molecule has 0 unspecified atom stereocenters. The van der Waals surface area contributed by atoms with Gasteiger partial charge in [-0.25, -0.2) is 4.98 Å². The Morgan fingerprint density at radius 3 is 2.60 bits per heavy atom. The molecule has 0 aliphatic heterocycles. The summed E-state index contributed by atoms with van der Waals surface area (Å²) in [6.45, 7) is 3.25. The van der Waals surface area contributed by atoms with Gasteiger partial charge in [0.05, 0.1) is 24.2 Å². The van der Waals surface area contributed by atoms with Gasteiger partial charge in [-0.05, 0) is 17.7 Å². The summed E-state index contributed by atoms with van der Waals surface area (Å²) < 4.78 is 7.45. The van der Waals surface area contributed by atoms with Crippen LogP contribution < -0.4 is 0 Å². The molecule has 25 heavy (non-hydrogen) atoms. The Kier molecular flexibility index (Phi) is 5.99. The van der Waals surface area contributed by atoms with E-state index in [0.717, 1.165) is 31.0 Å². The maximum atomic E-state index is 5.27. The summed E-state index contributed by atoms with van der Waals surface area (Å²) in [6.07, 6.45) is 4.36. The first-order valence-corrected chi connectivity index (χ1v) is 8.61. The van der Waals surface area contributed by atoms with Crippen molar-refractivity contribution in [2.24, 2.45) is 7.05 Å². The van der Waals surface area contributed by atoms with Crippen LogP contribution in [0.25, 0.3) is 17.1 Å². The Labute approximate surface area is 149 Å². The van der Waals surface area contributed by atoms with Crippen molar-refractivity contribution in [2.45, 2.75) is 6.54 Å². The number of aryl methyl sites for hydroxylation is 1. The molecule has 0 bridgehead atoms. The molecule has 2 aromatic carbocycles. The van der Waals surface area contributed by atoms with E-state index in [1.54, 1.807) is 7.11 Å². The first-order valence-electron chi connectivity index (χ1n) is 8.61. The van der Waals surface area contributed by atoms with Gasteiger partial charge in [0.2, 0.25) is 0 Å². The summed E-state index contributed by atoms with van der Waals surface area (Å²) in [6, 6.07) is 18.6. The van der Waals surface area contributed by atoms with E-state index in [9.17, 15) is 0 Å². The quantitative estimate of drug-likeness (QED) is 0.628. The van der Waals surface area contributed by atoms with Gasteiger partial charge in [-0.3, -0.25) is 4.90 Å². The molecule has 130 valence electrons. The maximum absolute atomic E-state index is 5.27. The summed E-state index contributed by atoms with van der Waals surface area (Å²) in [5.41, 5.74) is 3.44. The molecule has 0 N–H and O–H groups in total.